The Kier molecular flexibility index (Phi) is 5.03. The van der Waals surface area contributed by atoms with E-state index >= 15 is 0 Å². The molecule has 3 rings (SSSR count). The molecule has 5 atom stereocenters. The molecule has 0 aromatic heterocycles. The molecule has 0 amide bonds. The van der Waals surface area contributed by atoms with Crippen LogP contribution < -0.4 is 0 Å². The highest BCUT2D eigenvalue weighted by Crippen LogP contribution is 2.62. The molecule has 4 heteroatoms. The van der Waals surface area contributed by atoms with Gasteiger partial charge in [-0.1, -0.05) is 33.3 Å². The second-order valence-corrected chi connectivity index (χ2v) is 7.82. The number of carbonyl (C=O) groups excluding carboxylic acids is 2. The summed E-state index contributed by atoms with van der Waals surface area (Å²) < 4.78 is 11.7. The maximum Gasteiger partial charge on any atom is 0.330 e. The summed E-state index contributed by atoms with van der Waals surface area (Å²) >= 11 is 0. The third-order valence-electron chi connectivity index (χ3n) is 6.47. The van der Waals surface area contributed by atoms with Gasteiger partial charge in [0.25, 0.3) is 0 Å². The molecule has 0 aromatic rings. The largest absolute Gasteiger partial charge is 0.462 e. The lowest BCUT2D eigenvalue weighted by molar-refractivity contribution is -0.171. The standard InChI is InChI=1S/C20H30O4/c1-4-7-9-20(10-8-5-2,24-16(21)6-3)18-13-11-14-15(12-13)23-19(22)17(14)18/h6,13-15,17-18H,3-5,7-12H2,1-2H3. The summed E-state index contributed by atoms with van der Waals surface area (Å²) in [5.74, 6) is 0.436. The van der Waals surface area contributed by atoms with Gasteiger partial charge in [-0.2, -0.15) is 0 Å². The molecule has 1 saturated heterocycles. The van der Waals surface area contributed by atoms with Gasteiger partial charge in [-0.15, -0.1) is 0 Å². The van der Waals surface area contributed by atoms with Gasteiger partial charge in [0.15, 0.2) is 0 Å². The van der Waals surface area contributed by atoms with E-state index in [1.54, 1.807) is 0 Å². The zero-order valence-corrected chi connectivity index (χ0v) is 15.0. The fraction of sp³-hybridized carbons (Fsp3) is 0.800. The number of rotatable bonds is 9. The molecule has 0 radical (unpaired) electrons. The van der Waals surface area contributed by atoms with E-state index in [0.717, 1.165) is 51.4 Å². The molecule has 3 aliphatic rings. The first kappa shape index (κ1) is 17.5. The predicted octanol–water partition coefficient (Wildman–Crippen LogP) is 4.03. The van der Waals surface area contributed by atoms with Gasteiger partial charge in [0.05, 0.1) is 5.92 Å². The van der Waals surface area contributed by atoms with Crippen molar-refractivity contribution in [3.8, 4) is 0 Å². The minimum Gasteiger partial charge on any atom is -0.462 e. The molecule has 5 unspecified atom stereocenters. The summed E-state index contributed by atoms with van der Waals surface area (Å²) in [6.45, 7) is 7.88. The summed E-state index contributed by atoms with van der Waals surface area (Å²) in [6, 6.07) is 0. The normalized spacial score (nSPS) is 33.6. The molecule has 4 nitrogen and oxygen atoms in total. The number of fused-ring (bicyclic) bond motifs is 1. The highest BCUT2D eigenvalue weighted by Gasteiger charge is 2.67. The monoisotopic (exact) mass is 334 g/mol. The van der Waals surface area contributed by atoms with E-state index in [2.05, 4.69) is 20.4 Å². The van der Waals surface area contributed by atoms with Crippen molar-refractivity contribution in [1.29, 1.82) is 0 Å². The van der Waals surface area contributed by atoms with E-state index in [0.29, 0.717) is 11.8 Å². The molecule has 1 heterocycles. The fourth-order valence-electron chi connectivity index (χ4n) is 5.57. The SMILES string of the molecule is C=CC(=O)OC(CCCC)(CCCC)C1C2CC3OC(=O)C1C3C2. The van der Waals surface area contributed by atoms with Crippen molar-refractivity contribution in [1.82, 2.24) is 0 Å². The zero-order chi connectivity index (χ0) is 17.3. The van der Waals surface area contributed by atoms with E-state index < -0.39 is 5.60 Å². The number of esters is 2. The van der Waals surface area contributed by atoms with Crippen molar-refractivity contribution < 1.29 is 19.1 Å². The van der Waals surface area contributed by atoms with Crippen LogP contribution in [0.4, 0.5) is 0 Å². The number of hydrogen-bond acceptors (Lipinski definition) is 4. The maximum absolute atomic E-state index is 12.5. The van der Waals surface area contributed by atoms with Crippen molar-refractivity contribution in [3.63, 3.8) is 0 Å². The second-order valence-electron chi connectivity index (χ2n) is 7.82. The lowest BCUT2D eigenvalue weighted by Gasteiger charge is -2.43. The van der Waals surface area contributed by atoms with E-state index in [9.17, 15) is 9.59 Å². The smallest absolute Gasteiger partial charge is 0.330 e. The molecule has 0 spiro atoms. The maximum atomic E-state index is 12.5. The van der Waals surface area contributed by atoms with Crippen LogP contribution in [0.1, 0.15) is 65.2 Å². The third kappa shape index (κ3) is 2.78. The van der Waals surface area contributed by atoms with Crippen LogP contribution in [-0.4, -0.2) is 23.6 Å². The Hall–Kier alpha value is -1.32. The van der Waals surface area contributed by atoms with Gasteiger partial charge in [-0.25, -0.2) is 4.79 Å². The van der Waals surface area contributed by atoms with Crippen molar-refractivity contribution in [3.05, 3.63) is 12.7 Å². The van der Waals surface area contributed by atoms with Gasteiger partial charge >= 0.3 is 11.9 Å². The van der Waals surface area contributed by atoms with Gasteiger partial charge in [-0.3, -0.25) is 4.79 Å². The summed E-state index contributed by atoms with van der Waals surface area (Å²) in [7, 11) is 0. The Labute approximate surface area is 145 Å². The quantitative estimate of drug-likeness (QED) is 0.472. The number of hydrogen-bond donors (Lipinski definition) is 0. The van der Waals surface area contributed by atoms with Crippen LogP contribution in [0, 0.1) is 23.7 Å². The van der Waals surface area contributed by atoms with Crippen LogP contribution in [0.5, 0.6) is 0 Å². The Morgan fingerprint density at radius 2 is 1.96 bits per heavy atom. The predicted molar refractivity (Wildman–Crippen MR) is 91.1 cm³/mol. The van der Waals surface area contributed by atoms with Gasteiger partial charge in [0, 0.05) is 17.9 Å². The van der Waals surface area contributed by atoms with Gasteiger partial charge in [0.1, 0.15) is 11.7 Å². The lowest BCUT2D eigenvalue weighted by atomic mass is 9.66. The van der Waals surface area contributed by atoms with Gasteiger partial charge < -0.3 is 9.47 Å². The van der Waals surface area contributed by atoms with Crippen molar-refractivity contribution in [2.45, 2.75) is 76.9 Å². The first-order chi connectivity index (χ1) is 11.6. The minimum atomic E-state index is -0.532. The molecule has 134 valence electrons. The highest BCUT2D eigenvalue weighted by atomic mass is 16.6. The molecule has 3 fully saturated rings. The van der Waals surface area contributed by atoms with E-state index in [4.69, 9.17) is 9.47 Å². The van der Waals surface area contributed by atoms with E-state index in [1.807, 2.05) is 0 Å². The summed E-state index contributed by atoms with van der Waals surface area (Å²) in [6.07, 6.45) is 9.18. The number of ether oxygens (including phenoxy) is 2. The molecule has 2 bridgehead atoms. The van der Waals surface area contributed by atoms with E-state index in [1.165, 1.54) is 6.08 Å². The van der Waals surface area contributed by atoms with Crippen molar-refractivity contribution in [2.24, 2.45) is 23.7 Å². The lowest BCUT2D eigenvalue weighted by Crippen LogP contribution is -2.49. The average molecular weight is 334 g/mol. The molecule has 24 heavy (non-hydrogen) atoms. The first-order valence-electron chi connectivity index (χ1n) is 9.62. The van der Waals surface area contributed by atoms with Gasteiger partial charge in [0.2, 0.25) is 0 Å². The molecular formula is C20H30O4. The highest BCUT2D eigenvalue weighted by molar-refractivity contribution is 5.82. The summed E-state index contributed by atoms with van der Waals surface area (Å²) in [5.41, 5.74) is -0.532. The van der Waals surface area contributed by atoms with Gasteiger partial charge in [-0.05, 0) is 44.4 Å². The molecule has 2 saturated carbocycles. The summed E-state index contributed by atoms with van der Waals surface area (Å²) in [4.78, 5) is 24.6. The molecular weight excluding hydrogens is 304 g/mol. The van der Waals surface area contributed by atoms with Crippen LogP contribution in [0.25, 0.3) is 0 Å². The Balaban J connectivity index is 1.93. The van der Waals surface area contributed by atoms with Crippen LogP contribution in [0.15, 0.2) is 12.7 Å². The number of carbonyl (C=O) groups is 2. The Morgan fingerprint density at radius 3 is 2.54 bits per heavy atom. The molecule has 1 aliphatic heterocycles. The van der Waals surface area contributed by atoms with Crippen LogP contribution in [-0.2, 0) is 19.1 Å². The Morgan fingerprint density at radius 1 is 1.29 bits per heavy atom. The topological polar surface area (TPSA) is 52.6 Å². The van der Waals surface area contributed by atoms with Crippen molar-refractivity contribution >= 4 is 11.9 Å². The van der Waals surface area contributed by atoms with Crippen LogP contribution in [0.2, 0.25) is 0 Å². The third-order valence-corrected chi connectivity index (χ3v) is 6.47. The minimum absolute atomic E-state index is 0.0537. The molecule has 2 aliphatic carbocycles. The number of unbranched alkanes of at least 4 members (excludes halogenated alkanes) is 2. The molecule has 0 N–H and O–H groups in total. The summed E-state index contributed by atoms with van der Waals surface area (Å²) in [5, 5.41) is 0. The fourth-order valence-corrected chi connectivity index (χ4v) is 5.57. The Bertz CT molecular complexity index is 502. The first-order valence-corrected chi connectivity index (χ1v) is 9.62. The second kappa shape index (κ2) is 6.89. The molecule has 0 aromatic carbocycles. The van der Waals surface area contributed by atoms with Crippen LogP contribution in [0.3, 0.4) is 0 Å². The van der Waals surface area contributed by atoms with Crippen LogP contribution >= 0.6 is 0 Å². The zero-order valence-electron chi connectivity index (χ0n) is 15.0. The van der Waals surface area contributed by atoms with Crippen molar-refractivity contribution in [2.75, 3.05) is 0 Å². The van der Waals surface area contributed by atoms with E-state index in [-0.39, 0.29) is 29.9 Å². The average Bonchev–Trinajstić information content (AvgIpc) is 3.19.